The molecule has 0 spiro atoms. The van der Waals surface area contributed by atoms with E-state index in [2.05, 4.69) is 20.7 Å². The van der Waals surface area contributed by atoms with E-state index in [0.717, 1.165) is 33.7 Å². The molecule has 0 unspecified atom stereocenters. The maximum absolute atomic E-state index is 12.5. The molecule has 8 heteroatoms. The SMILES string of the molecule is COc1ccc(-n2c(SCC(=O)NN=CC(C)=Cc3ccccc3)nnc2-c2ccc(C)cc2)cc1. The van der Waals surface area contributed by atoms with Crippen LogP contribution in [0, 0.1) is 6.92 Å². The Kier molecular flexibility index (Phi) is 8.31. The molecule has 0 aliphatic rings. The summed E-state index contributed by atoms with van der Waals surface area (Å²) in [6.07, 6.45) is 3.62. The molecule has 36 heavy (non-hydrogen) atoms. The highest BCUT2D eigenvalue weighted by Crippen LogP contribution is 2.29. The van der Waals surface area contributed by atoms with E-state index < -0.39 is 0 Å². The molecule has 4 aromatic rings. The molecular weight excluding hydrogens is 470 g/mol. The van der Waals surface area contributed by atoms with Crippen molar-refractivity contribution < 1.29 is 9.53 Å². The number of allylic oxidation sites excluding steroid dienone is 1. The van der Waals surface area contributed by atoms with Crippen LogP contribution < -0.4 is 10.2 Å². The maximum atomic E-state index is 12.5. The van der Waals surface area contributed by atoms with Crippen LogP contribution in [0.1, 0.15) is 18.1 Å². The Labute approximate surface area is 214 Å². The van der Waals surface area contributed by atoms with Gasteiger partial charge in [-0.3, -0.25) is 9.36 Å². The number of hydrazone groups is 1. The lowest BCUT2D eigenvalue weighted by molar-refractivity contribution is -0.118. The number of ether oxygens (including phenoxy) is 1. The number of aromatic nitrogens is 3. The van der Waals surface area contributed by atoms with E-state index in [1.165, 1.54) is 11.8 Å². The van der Waals surface area contributed by atoms with Crippen molar-refractivity contribution >= 4 is 30.0 Å². The summed E-state index contributed by atoms with van der Waals surface area (Å²) in [7, 11) is 1.63. The standard InChI is InChI=1S/C28H27N5O2S/c1-20-9-11-23(12-10-20)27-31-32-28(33(27)24-13-15-25(35-3)16-14-24)36-19-26(34)30-29-18-21(2)17-22-7-5-4-6-8-22/h4-18H,19H2,1-3H3,(H,30,34). The molecule has 1 N–H and O–H groups in total. The van der Waals surface area contributed by atoms with E-state index in [0.29, 0.717) is 11.0 Å². The van der Waals surface area contributed by atoms with Crippen molar-refractivity contribution in [2.45, 2.75) is 19.0 Å². The molecule has 1 aromatic heterocycles. The number of rotatable bonds is 9. The van der Waals surface area contributed by atoms with Gasteiger partial charge < -0.3 is 4.74 Å². The zero-order chi connectivity index (χ0) is 25.3. The van der Waals surface area contributed by atoms with Crippen LogP contribution in [0.5, 0.6) is 5.75 Å². The Bertz CT molecular complexity index is 1360. The summed E-state index contributed by atoms with van der Waals surface area (Å²) in [4.78, 5) is 12.5. The minimum absolute atomic E-state index is 0.140. The van der Waals surface area contributed by atoms with E-state index in [4.69, 9.17) is 4.74 Å². The summed E-state index contributed by atoms with van der Waals surface area (Å²) >= 11 is 1.30. The van der Waals surface area contributed by atoms with Crippen LogP contribution in [0.4, 0.5) is 0 Å². The Morgan fingerprint density at radius 1 is 1.03 bits per heavy atom. The van der Waals surface area contributed by atoms with Gasteiger partial charge in [-0.05, 0) is 49.2 Å². The van der Waals surface area contributed by atoms with Crippen LogP contribution in [-0.2, 0) is 4.79 Å². The fraction of sp³-hybridized carbons (Fsp3) is 0.143. The molecule has 0 saturated carbocycles. The van der Waals surface area contributed by atoms with Crippen molar-refractivity contribution in [3.63, 3.8) is 0 Å². The normalized spacial score (nSPS) is 11.6. The lowest BCUT2D eigenvalue weighted by Crippen LogP contribution is -2.20. The van der Waals surface area contributed by atoms with Gasteiger partial charge in [-0.2, -0.15) is 5.10 Å². The smallest absolute Gasteiger partial charge is 0.250 e. The number of carbonyl (C=O) groups excluding carboxylic acids is 1. The van der Waals surface area contributed by atoms with Gasteiger partial charge in [0.2, 0.25) is 0 Å². The molecule has 0 fully saturated rings. The molecule has 0 aliphatic carbocycles. The zero-order valence-electron chi connectivity index (χ0n) is 20.4. The molecule has 0 saturated heterocycles. The maximum Gasteiger partial charge on any atom is 0.250 e. The second-order valence-electron chi connectivity index (χ2n) is 8.09. The number of hydrogen-bond donors (Lipinski definition) is 1. The van der Waals surface area contributed by atoms with E-state index in [-0.39, 0.29) is 11.7 Å². The van der Waals surface area contributed by atoms with Crippen molar-refractivity contribution in [1.29, 1.82) is 0 Å². The molecule has 4 rings (SSSR count). The Morgan fingerprint density at radius 2 is 1.75 bits per heavy atom. The number of methoxy groups -OCH3 is 1. The molecular formula is C28H27N5O2S. The molecule has 0 radical (unpaired) electrons. The first-order valence-electron chi connectivity index (χ1n) is 11.4. The second-order valence-corrected chi connectivity index (χ2v) is 9.03. The van der Waals surface area contributed by atoms with Gasteiger partial charge in [0, 0.05) is 11.3 Å². The highest BCUT2D eigenvalue weighted by atomic mass is 32.2. The summed E-state index contributed by atoms with van der Waals surface area (Å²) in [5.41, 5.74) is 7.56. The summed E-state index contributed by atoms with van der Waals surface area (Å²) < 4.78 is 7.24. The first-order valence-corrected chi connectivity index (χ1v) is 12.4. The Balaban J connectivity index is 1.48. The fourth-order valence-corrected chi connectivity index (χ4v) is 4.18. The third kappa shape index (κ3) is 6.49. The first-order chi connectivity index (χ1) is 17.5. The summed E-state index contributed by atoms with van der Waals surface area (Å²) in [5, 5.41) is 13.5. The Morgan fingerprint density at radius 3 is 2.44 bits per heavy atom. The molecule has 1 heterocycles. The number of thioether (sulfide) groups is 1. The van der Waals surface area contributed by atoms with Crippen LogP contribution in [0.25, 0.3) is 23.2 Å². The van der Waals surface area contributed by atoms with Gasteiger partial charge in [-0.15, -0.1) is 10.2 Å². The fourth-order valence-electron chi connectivity index (χ4n) is 3.43. The predicted molar refractivity (Wildman–Crippen MR) is 146 cm³/mol. The number of amides is 1. The number of aryl methyl sites for hydroxylation is 1. The van der Waals surface area contributed by atoms with Crippen molar-refractivity contribution in [2.75, 3.05) is 12.9 Å². The first kappa shape index (κ1) is 24.9. The van der Waals surface area contributed by atoms with Crippen LogP contribution in [0.3, 0.4) is 0 Å². The highest BCUT2D eigenvalue weighted by molar-refractivity contribution is 7.99. The van der Waals surface area contributed by atoms with Crippen molar-refractivity contribution in [2.24, 2.45) is 5.10 Å². The molecule has 7 nitrogen and oxygen atoms in total. The minimum Gasteiger partial charge on any atom is -0.497 e. The van der Waals surface area contributed by atoms with Crippen molar-refractivity contribution in [1.82, 2.24) is 20.2 Å². The number of benzene rings is 3. The van der Waals surface area contributed by atoms with Crippen LogP contribution >= 0.6 is 11.8 Å². The van der Waals surface area contributed by atoms with E-state index in [1.54, 1.807) is 13.3 Å². The van der Waals surface area contributed by atoms with E-state index >= 15 is 0 Å². The average molecular weight is 498 g/mol. The van der Waals surface area contributed by atoms with Gasteiger partial charge in [-0.25, -0.2) is 5.43 Å². The zero-order valence-corrected chi connectivity index (χ0v) is 21.2. The third-order valence-electron chi connectivity index (χ3n) is 5.26. The largest absolute Gasteiger partial charge is 0.497 e. The van der Waals surface area contributed by atoms with Crippen LogP contribution in [0.2, 0.25) is 0 Å². The van der Waals surface area contributed by atoms with Gasteiger partial charge in [0.25, 0.3) is 5.91 Å². The number of hydrogen-bond acceptors (Lipinski definition) is 6. The van der Waals surface area contributed by atoms with Crippen LogP contribution in [0.15, 0.2) is 94.7 Å². The van der Waals surface area contributed by atoms with Crippen molar-refractivity contribution in [3.05, 3.63) is 95.6 Å². The molecule has 182 valence electrons. The number of carbonyl (C=O) groups is 1. The number of nitrogens with zero attached hydrogens (tertiary/aromatic N) is 4. The summed E-state index contributed by atoms with van der Waals surface area (Å²) in [5.74, 6) is 1.36. The minimum atomic E-state index is -0.232. The van der Waals surface area contributed by atoms with E-state index in [1.807, 2.05) is 103 Å². The third-order valence-corrected chi connectivity index (χ3v) is 6.19. The van der Waals surface area contributed by atoms with Crippen molar-refractivity contribution in [3.8, 4) is 22.8 Å². The lowest BCUT2D eigenvalue weighted by atomic mass is 10.1. The van der Waals surface area contributed by atoms with Gasteiger partial charge >= 0.3 is 0 Å². The molecule has 0 aliphatic heterocycles. The molecule has 0 atom stereocenters. The second kappa shape index (κ2) is 12.0. The van der Waals surface area contributed by atoms with Gasteiger partial charge in [0.05, 0.1) is 19.1 Å². The monoisotopic (exact) mass is 497 g/mol. The molecule has 0 bridgehead atoms. The van der Waals surface area contributed by atoms with E-state index in [9.17, 15) is 4.79 Å². The molecule has 3 aromatic carbocycles. The van der Waals surface area contributed by atoms with Gasteiger partial charge in [0.1, 0.15) is 5.75 Å². The quantitative estimate of drug-likeness (QED) is 0.186. The Hall–Kier alpha value is -4.17. The van der Waals surface area contributed by atoms with Crippen LogP contribution in [-0.4, -0.2) is 39.7 Å². The number of nitrogens with one attached hydrogen (secondary N) is 1. The average Bonchev–Trinajstić information content (AvgIpc) is 3.32. The van der Waals surface area contributed by atoms with Gasteiger partial charge in [0.15, 0.2) is 11.0 Å². The predicted octanol–water partition coefficient (Wildman–Crippen LogP) is 5.55. The lowest BCUT2D eigenvalue weighted by Gasteiger charge is -2.11. The topological polar surface area (TPSA) is 81.4 Å². The molecule has 1 amide bonds. The summed E-state index contributed by atoms with van der Waals surface area (Å²) in [6, 6.07) is 25.7. The summed E-state index contributed by atoms with van der Waals surface area (Å²) in [6.45, 7) is 3.97. The van der Waals surface area contributed by atoms with Gasteiger partial charge in [-0.1, -0.05) is 78.0 Å². The highest BCUT2D eigenvalue weighted by Gasteiger charge is 2.17.